The standard InChI is InChI=1S/C33H38ClN3O3/c1-40-17-5-16-37-30-8-3-2-6-26(30)20-31(37)27-7-4-15-36(22-27)33(39)21-28(35)18-23-9-11-24(12-10-23)25-13-14-32(38)29(34)19-25/h2-3,6,8-14,19-20,27-28,38H,4-5,7,15-18,21-22,35H2,1H3/t27?,28-/m1/s1. The summed E-state index contributed by atoms with van der Waals surface area (Å²) in [7, 11) is 1.74. The van der Waals surface area contributed by atoms with Crippen LogP contribution in [0.15, 0.2) is 72.8 Å². The minimum Gasteiger partial charge on any atom is -0.506 e. The van der Waals surface area contributed by atoms with Gasteiger partial charge < -0.3 is 25.0 Å². The fourth-order valence-corrected chi connectivity index (χ4v) is 6.06. The van der Waals surface area contributed by atoms with Crippen molar-refractivity contribution in [3.63, 3.8) is 0 Å². The van der Waals surface area contributed by atoms with E-state index in [4.69, 9.17) is 22.1 Å². The highest BCUT2D eigenvalue weighted by molar-refractivity contribution is 6.32. The highest BCUT2D eigenvalue weighted by atomic mass is 35.5. The summed E-state index contributed by atoms with van der Waals surface area (Å²) >= 11 is 6.06. The smallest absolute Gasteiger partial charge is 0.224 e. The third-order valence-electron chi connectivity index (χ3n) is 7.93. The van der Waals surface area contributed by atoms with Gasteiger partial charge in [-0.15, -0.1) is 0 Å². The molecule has 5 rings (SSSR count). The van der Waals surface area contributed by atoms with Gasteiger partial charge in [0, 0.05) is 62.9 Å². The van der Waals surface area contributed by atoms with E-state index in [1.54, 1.807) is 19.2 Å². The summed E-state index contributed by atoms with van der Waals surface area (Å²) in [6, 6.07) is 23.9. The second-order valence-electron chi connectivity index (χ2n) is 10.8. The zero-order chi connectivity index (χ0) is 28.1. The van der Waals surface area contributed by atoms with Crippen molar-refractivity contribution < 1.29 is 14.6 Å². The number of hydrogen-bond acceptors (Lipinski definition) is 4. The van der Waals surface area contributed by atoms with Gasteiger partial charge >= 0.3 is 0 Å². The Morgan fingerprint density at radius 3 is 2.65 bits per heavy atom. The van der Waals surface area contributed by atoms with Crippen LogP contribution in [0, 0.1) is 0 Å². The molecule has 3 N–H and O–H groups in total. The molecule has 2 heterocycles. The lowest BCUT2D eigenvalue weighted by Gasteiger charge is -2.34. The van der Waals surface area contributed by atoms with Gasteiger partial charge in [-0.05, 0) is 72.0 Å². The molecule has 1 amide bonds. The van der Waals surface area contributed by atoms with Gasteiger partial charge in [0.05, 0.1) is 5.02 Å². The van der Waals surface area contributed by atoms with Crippen LogP contribution >= 0.6 is 11.6 Å². The van der Waals surface area contributed by atoms with E-state index >= 15 is 0 Å². The Hall–Kier alpha value is -3.32. The molecule has 4 aromatic rings. The van der Waals surface area contributed by atoms with Crippen molar-refractivity contribution in [2.75, 3.05) is 26.8 Å². The minimum atomic E-state index is -0.248. The lowest BCUT2D eigenvalue weighted by molar-refractivity contribution is -0.132. The number of carbonyl (C=O) groups excluding carboxylic acids is 1. The number of phenols is 1. The molecule has 0 spiro atoms. The van der Waals surface area contributed by atoms with E-state index in [0.29, 0.717) is 23.8 Å². The Morgan fingerprint density at radius 2 is 1.88 bits per heavy atom. The predicted molar refractivity (Wildman–Crippen MR) is 162 cm³/mol. The predicted octanol–water partition coefficient (Wildman–Crippen LogP) is 6.37. The van der Waals surface area contributed by atoms with Crippen LogP contribution in [0.5, 0.6) is 5.75 Å². The van der Waals surface area contributed by atoms with Crippen LogP contribution in [0.1, 0.15) is 42.9 Å². The van der Waals surface area contributed by atoms with E-state index in [9.17, 15) is 9.90 Å². The molecule has 210 valence electrons. The van der Waals surface area contributed by atoms with Gasteiger partial charge in [0.25, 0.3) is 0 Å². The van der Waals surface area contributed by atoms with E-state index in [2.05, 4.69) is 34.9 Å². The average molecular weight is 560 g/mol. The summed E-state index contributed by atoms with van der Waals surface area (Å²) in [4.78, 5) is 15.3. The molecule has 1 fully saturated rings. The number of piperidine rings is 1. The van der Waals surface area contributed by atoms with Crippen LogP contribution < -0.4 is 5.73 Å². The molecule has 40 heavy (non-hydrogen) atoms. The number of methoxy groups -OCH3 is 1. The molecule has 1 aromatic heterocycles. The SMILES string of the molecule is COCCCn1c(C2CCCN(C(=O)C[C@H](N)Cc3ccc(-c4ccc(O)c(Cl)c4)cc3)C2)cc2ccccc21. The number of phenolic OH excluding ortho intramolecular Hbond substituents is 1. The van der Waals surface area contributed by atoms with Gasteiger partial charge in [-0.3, -0.25) is 4.79 Å². The van der Waals surface area contributed by atoms with Crippen molar-refractivity contribution in [1.82, 2.24) is 9.47 Å². The van der Waals surface area contributed by atoms with Crippen molar-refractivity contribution >= 4 is 28.4 Å². The first-order chi connectivity index (χ1) is 19.4. The van der Waals surface area contributed by atoms with Gasteiger partial charge in [-0.25, -0.2) is 0 Å². The van der Waals surface area contributed by atoms with Crippen LogP contribution in [0.4, 0.5) is 0 Å². The summed E-state index contributed by atoms with van der Waals surface area (Å²) in [5, 5.41) is 11.3. The van der Waals surface area contributed by atoms with Crippen LogP contribution in [0.2, 0.25) is 5.02 Å². The number of benzene rings is 3. The van der Waals surface area contributed by atoms with E-state index in [1.165, 1.54) is 16.6 Å². The molecular formula is C33H38ClN3O3. The van der Waals surface area contributed by atoms with Crippen molar-refractivity contribution in [2.45, 2.75) is 50.6 Å². The topological polar surface area (TPSA) is 80.7 Å². The molecule has 1 aliphatic rings. The number of nitrogens with zero attached hydrogens (tertiary/aromatic N) is 2. The second kappa shape index (κ2) is 12.9. The third kappa shape index (κ3) is 6.52. The maximum absolute atomic E-state index is 13.3. The number of amides is 1. The maximum atomic E-state index is 13.3. The first-order valence-corrected chi connectivity index (χ1v) is 14.5. The lowest BCUT2D eigenvalue weighted by atomic mass is 9.93. The second-order valence-corrected chi connectivity index (χ2v) is 11.2. The molecule has 2 atom stereocenters. The zero-order valence-corrected chi connectivity index (χ0v) is 23.8. The van der Waals surface area contributed by atoms with Gasteiger partial charge in [0.2, 0.25) is 5.91 Å². The Balaban J connectivity index is 1.21. The van der Waals surface area contributed by atoms with Crippen molar-refractivity contribution in [3.05, 3.63) is 89.1 Å². The van der Waals surface area contributed by atoms with Crippen LogP contribution in [-0.2, 0) is 22.5 Å². The summed E-state index contributed by atoms with van der Waals surface area (Å²) in [6.07, 6.45) is 3.99. The van der Waals surface area contributed by atoms with Crippen LogP contribution in [0.3, 0.4) is 0 Å². The first-order valence-electron chi connectivity index (χ1n) is 14.1. The van der Waals surface area contributed by atoms with Crippen molar-refractivity contribution in [3.8, 4) is 16.9 Å². The number of likely N-dealkylation sites (tertiary alicyclic amines) is 1. The van der Waals surface area contributed by atoms with E-state index in [0.717, 1.165) is 62.2 Å². The summed E-state index contributed by atoms with van der Waals surface area (Å²) in [6.45, 7) is 3.16. The monoisotopic (exact) mass is 559 g/mol. The number of halogens is 1. The summed E-state index contributed by atoms with van der Waals surface area (Å²) in [5.74, 6) is 0.515. The average Bonchev–Trinajstić information content (AvgIpc) is 3.34. The molecular weight excluding hydrogens is 522 g/mol. The molecule has 6 nitrogen and oxygen atoms in total. The molecule has 0 bridgehead atoms. The molecule has 1 saturated heterocycles. The molecule has 0 radical (unpaired) electrons. The molecule has 0 saturated carbocycles. The van der Waals surface area contributed by atoms with E-state index in [-0.39, 0.29) is 17.7 Å². The number of aromatic nitrogens is 1. The number of carbonyl (C=O) groups is 1. The third-order valence-corrected chi connectivity index (χ3v) is 8.24. The molecule has 1 aliphatic heterocycles. The highest BCUT2D eigenvalue weighted by Gasteiger charge is 2.28. The zero-order valence-electron chi connectivity index (χ0n) is 23.1. The van der Waals surface area contributed by atoms with Gasteiger partial charge in [-0.1, -0.05) is 60.1 Å². The number of nitrogens with two attached hydrogens (primary N) is 1. The number of para-hydroxylation sites is 1. The Labute approximate surface area is 241 Å². The quantitative estimate of drug-likeness (QED) is 0.221. The number of hydrogen-bond donors (Lipinski definition) is 2. The molecule has 7 heteroatoms. The highest BCUT2D eigenvalue weighted by Crippen LogP contribution is 2.33. The fraction of sp³-hybridized carbons (Fsp3) is 0.364. The number of rotatable bonds is 10. The number of fused-ring (bicyclic) bond motifs is 1. The van der Waals surface area contributed by atoms with Gasteiger partial charge in [0.1, 0.15) is 5.75 Å². The Morgan fingerprint density at radius 1 is 1.10 bits per heavy atom. The number of aromatic hydroxyl groups is 1. The molecule has 3 aromatic carbocycles. The van der Waals surface area contributed by atoms with Gasteiger partial charge in [-0.2, -0.15) is 0 Å². The van der Waals surface area contributed by atoms with Crippen molar-refractivity contribution in [2.24, 2.45) is 5.73 Å². The minimum absolute atomic E-state index is 0.0715. The number of ether oxygens (including phenoxy) is 1. The first kappa shape index (κ1) is 28.2. The molecule has 0 aliphatic carbocycles. The summed E-state index contributed by atoms with van der Waals surface area (Å²) < 4.78 is 7.73. The van der Waals surface area contributed by atoms with Crippen LogP contribution in [-0.4, -0.2) is 53.3 Å². The fourth-order valence-electron chi connectivity index (χ4n) is 5.88. The van der Waals surface area contributed by atoms with Crippen LogP contribution in [0.25, 0.3) is 22.0 Å². The largest absolute Gasteiger partial charge is 0.506 e. The Bertz CT molecular complexity index is 1450. The molecule has 1 unspecified atom stereocenters. The van der Waals surface area contributed by atoms with E-state index < -0.39 is 0 Å². The van der Waals surface area contributed by atoms with Crippen molar-refractivity contribution in [1.29, 1.82) is 0 Å². The maximum Gasteiger partial charge on any atom is 0.224 e. The normalized spacial score (nSPS) is 16.4. The number of aryl methyl sites for hydroxylation is 1. The Kier molecular flexibility index (Phi) is 9.10. The van der Waals surface area contributed by atoms with Gasteiger partial charge in [0.15, 0.2) is 0 Å². The summed E-state index contributed by atoms with van der Waals surface area (Å²) in [5.41, 5.74) is 12.1. The van der Waals surface area contributed by atoms with E-state index in [1.807, 2.05) is 35.2 Å². The lowest BCUT2D eigenvalue weighted by Crippen LogP contribution is -2.42.